The van der Waals surface area contributed by atoms with E-state index in [1.807, 2.05) is 0 Å². The number of rotatable bonds is 11. The molecule has 248 valence electrons. The van der Waals surface area contributed by atoms with E-state index in [1.165, 1.54) is 58.0 Å². The van der Waals surface area contributed by atoms with Crippen molar-refractivity contribution in [3.05, 3.63) is 133 Å². The van der Waals surface area contributed by atoms with E-state index in [0.29, 0.717) is 33.4 Å². The summed E-state index contributed by atoms with van der Waals surface area (Å²) in [6.45, 7) is 20.3. The molecule has 0 saturated heterocycles. The summed E-state index contributed by atoms with van der Waals surface area (Å²) in [5, 5.41) is 0. The highest BCUT2D eigenvalue weighted by Gasteiger charge is 2.16. The van der Waals surface area contributed by atoms with E-state index in [-0.39, 0.29) is 45.3 Å². The van der Waals surface area contributed by atoms with Gasteiger partial charge in [-0.05, 0) is 85.8 Å². The SMILES string of the molecule is C=C(C)C(=O)Oc1cc(OC(=O)C(=C)C)cc(-c2ccc(-c3ccc(-c4cc(OC(=O)C(=C)C)cc(OC(=O)C(=C)C)c4)cc3F)cc2)c1. The summed E-state index contributed by atoms with van der Waals surface area (Å²) < 4.78 is 37.2. The van der Waals surface area contributed by atoms with Crippen molar-refractivity contribution >= 4 is 23.9 Å². The van der Waals surface area contributed by atoms with Crippen molar-refractivity contribution in [1.29, 1.82) is 0 Å². The molecule has 0 heterocycles. The number of benzene rings is 4. The quantitative estimate of drug-likeness (QED) is 0.0894. The van der Waals surface area contributed by atoms with Crippen molar-refractivity contribution in [3.63, 3.8) is 0 Å². The average molecular weight is 661 g/mol. The molecule has 0 unspecified atom stereocenters. The number of hydrogen-bond acceptors (Lipinski definition) is 8. The van der Waals surface area contributed by atoms with Crippen LogP contribution in [-0.4, -0.2) is 23.9 Å². The van der Waals surface area contributed by atoms with Crippen LogP contribution in [0.4, 0.5) is 4.39 Å². The van der Waals surface area contributed by atoms with Crippen molar-refractivity contribution in [2.45, 2.75) is 27.7 Å². The fourth-order valence-electron chi connectivity index (χ4n) is 4.26. The predicted molar refractivity (Wildman–Crippen MR) is 185 cm³/mol. The number of esters is 4. The monoisotopic (exact) mass is 660 g/mol. The van der Waals surface area contributed by atoms with E-state index >= 15 is 4.39 Å². The normalized spacial score (nSPS) is 10.4. The van der Waals surface area contributed by atoms with Crippen LogP contribution in [-0.2, 0) is 19.2 Å². The molecule has 0 bridgehead atoms. The number of carbonyl (C=O) groups excluding carboxylic acids is 4. The molecular formula is C40H33FO8. The zero-order valence-electron chi connectivity index (χ0n) is 27.5. The van der Waals surface area contributed by atoms with Gasteiger partial charge in [0.2, 0.25) is 0 Å². The first-order chi connectivity index (χ1) is 23.1. The lowest BCUT2D eigenvalue weighted by Gasteiger charge is -2.13. The van der Waals surface area contributed by atoms with Gasteiger partial charge in [0.05, 0.1) is 0 Å². The van der Waals surface area contributed by atoms with Gasteiger partial charge in [0.15, 0.2) is 0 Å². The van der Waals surface area contributed by atoms with Gasteiger partial charge in [0.25, 0.3) is 0 Å². The Morgan fingerprint density at radius 3 is 1.06 bits per heavy atom. The van der Waals surface area contributed by atoms with Crippen LogP contribution in [0.25, 0.3) is 33.4 Å². The van der Waals surface area contributed by atoms with Gasteiger partial charge in [-0.1, -0.05) is 62.7 Å². The highest BCUT2D eigenvalue weighted by molar-refractivity contribution is 5.91. The van der Waals surface area contributed by atoms with Crippen LogP contribution in [0.1, 0.15) is 27.7 Å². The maximum atomic E-state index is 15.7. The largest absolute Gasteiger partial charge is 0.423 e. The fourth-order valence-corrected chi connectivity index (χ4v) is 4.26. The lowest BCUT2D eigenvalue weighted by atomic mass is 9.97. The van der Waals surface area contributed by atoms with Crippen LogP contribution in [0.3, 0.4) is 0 Å². The van der Waals surface area contributed by atoms with E-state index in [4.69, 9.17) is 18.9 Å². The van der Waals surface area contributed by atoms with Crippen LogP contribution in [0.2, 0.25) is 0 Å². The highest BCUT2D eigenvalue weighted by Crippen LogP contribution is 2.35. The van der Waals surface area contributed by atoms with Gasteiger partial charge >= 0.3 is 23.9 Å². The van der Waals surface area contributed by atoms with Crippen LogP contribution in [0.15, 0.2) is 127 Å². The average Bonchev–Trinajstić information content (AvgIpc) is 3.04. The summed E-state index contributed by atoms with van der Waals surface area (Å²) in [6.07, 6.45) is 0. The molecule has 4 aromatic rings. The first kappa shape index (κ1) is 35.5. The van der Waals surface area contributed by atoms with E-state index in [1.54, 1.807) is 48.5 Å². The molecule has 49 heavy (non-hydrogen) atoms. The summed E-state index contributed by atoms with van der Waals surface area (Å²) in [6, 6.07) is 20.5. The second kappa shape index (κ2) is 15.0. The zero-order valence-corrected chi connectivity index (χ0v) is 27.5. The molecule has 8 nitrogen and oxygen atoms in total. The maximum absolute atomic E-state index is 15.7. The summed E-state index contributed by atoms with van der Waals surface area (Å²) >= 11 is 0. The van der Waals surface area contributed by atoms with Gasteiger partial charge < -0.3 is 18.9 Å². The molecule has 0 amide bonds. The summed E-state index contributed by atoms with van der Waals surface area (Å²) in [4.78, 5) is 48.8. The van der Waals surface area contributed by atoms with Crippen molar-refractivity contribution < 1.29 is 42.5 Å². The van der Waals surface area contributed by atoms with E-state index in [0.717, 1.165) is 0 Å². The minimum absolute atomic E-state index is 0.0751. The molecule has 0 aromatic heterocycles. The summed E-state index contributed by atoms with van der Waals surface area (Å²) in [5.74, 6) is -2.77. The van der Waals surface area contributed by atoms with Gasteiger partial charge in [-0.3, -0.25) is 0 Å². The third-order valence-corrected chi connectivity index (χ3v) is 6.83. The molecule has 0 aliphatic heterocycles. The minimum atomic E-state index is -0.678. The Labute approximate surface area is 283 Å². The Morgan fingerprint density at radius 2 is 0.735 bits per heavy atom. The first-order valence-electron chi connectivity index (χ1n) is 14.8. The molecule has 0 atom stereocenters. The molecule has 0 aliphatic carbocycles. The summed E-state index contributed by atoms with van der Waals surface area (Å²) in [7, 11) is 0. The fraction of sp³-hybridized carbons (Fsp3) is 0.100. The number of hydrogen-bond donors (Lipinski definition) is 0. The third-order valence-electron chi connectivity index (χ3n) is 6.83. The molecule has 0 saturated carbocycles. The van der Waals surface area contributed by atoms with E-state index in [2.05, 4.69) is 26.3 Å². The molecule has 9 heteroatoms. The minimum Gasteiger partial charge on any atom is -0.423 e. The third kappa shape index (κ3) is 9.14. The second-order valence-corrected chi connectivity index (χ2v) is 11.3. The van der Waals surface area contributed by atoms with Gasteiger partial charge in [0, 0.05) is 40.0 Å². The standard InChI is InChI=1S/C40H33FO8/c1-22(2)37(42)46-31-15-29(16-32(20-31)47-38(43)23(3)4)26-9-11-27(12-10-26)35-14-13-28(19-36(35)41)30-17-33(48-39(44)24(5)6)21-34(18-30)49-40(45)25(7)8/h9-21H,1,3,5,7H2,2,4,6,8H3. The lowest BCUT2D eigenvalue weighted by Crippen LogP contribution is -2.10. The first-order valence-corrected chi connectivity index (χ1v) is 14.8. The highest BCUT2D eigenvalue weighted by atomic mass is 19.1. The number of carbonyl (C=O) groups is 4. The van der Waals surface area contributed by atoms with E-state index < -0.39 is 29.7 Å². The van der Waals surface area contributed by atoms with Crippen LogP contribution >= 0.6 is 0 Å². The van der Waals surface area contributed by atoms with Gasteiger partial charge in [0.1, 0.15) is 28.8 Å². The van der Waals surface area contributed by atoms with Crippen LogP contribution in [0, 0.1) is 5.82 Å². The number of ether oxygens (including phenoxy) is 4. The zero-order chi connectivity index (χ0) is 36.0. The second-order valence-electron chi connectivity index (χ2n) is 11.3. The van der Waals surface area contributed by atoms with Crippen molar-refractivity contribution in [2.24, 2.45) is 0 Å². The molecule has 0 spiro atoms. The Kier molecular flexibility index (Phi) is 10.9. The topological polar surface area (TPSA) is 105 Å². The molecule has 0 N–H and O–H groups in total. The van der Waals surface area contributed by atoms with Gasteiger partial charge in [-0.15, -0.1) is 0 Å². The molecule has 0 aliphatic rings. The summed E-state index contributed by atoms with van der Waals surface area (Å²) in [5.41, 5.74) is 3.65. The lowest BCUT2D eigenvalue weighted by molar-refractivity contribution is -0.131. The Bertz CT molecular complexity index is 1960. The van der Waals surface area contributed by atoms with Gasteiger partial charge in [-0.25, -0.2) is 23.6 Å². The maximum Gasteiger partial charge on any atom is 0.338 e. The molecule has 4 aromatic carbocycles. The van der Waals surface area contributed by atoms with Crippen LogP contribution in [0.5, 0.6) is 23.0 Å². The molecule has 0 fully saturated rings. The molecule has 4 rings (SSSR count). The van der Waals surface area contributed by atoms with E-state index in [9.17, 15) is 19.2 Å². The Balaban J connectivity index is 1.67. The van der Waals surface area contributed by atoms with Gasteiger partial charge in [-0.2, -0.15) is 0 Å². The van der Waals surface area contributed by atoms with Crippen LogP contribution < -0.4 is 18.9 Å². The van der Waals surface area contributed by atoms with Crippen molar-refractivity contribution in [2.75, 3.05) is 0 Å². The van der Waals surface area contributed by atoms with Crippen molar-refractivity contribution in [1.82, 2.24) is 0 Å². The molecule has 0 radical (unpaired) electrons. The number of halogens is 1. The smallest absolute Gasteiger partial charge is 0.338 e. The Morgan fingerprint density at radius 1 is 0.429 bits per heavy atom. The predicted octanol–water partition coefficient (Wildman–Crippen LogP) is 8.75. The Hall–Kier alpha value is -6.35. The molecular weight excluding hydrogens is 627 g/mol. The van der Waals surface area contributed by atoms with Crippen molar-refractivity contribution in [3.8, 4) is 56.4 Å².